The van der Waals surface area contributed by atoms with Crippen molar-refractivity contribution in [3.05, 3.63) is 29.8 Å². The van der Waals surface area contributed by atoms with Gasteiger partial charge < -0.3 is 30.5 Å². The van der Waals surface area contributed by atoms with Gasteiger partial charge in [-0.15, -0.1) is 13.2 Å². The lowest BCUT2D eigenvalue weighted by molar-refractivity contribution is -0.274. The molecule has 2 heterocycles. The van der Waals surface area contributed by atoms with E-state index in [4.69, 9.17) is 0 Å². The van der Waals surface area contributed by atoms with E-state index in [9.17, 15) is 18.0 Å². The van der Waals surface area contributed by atoms with Gasteiger partial charge in [-0.05, 0) is 38.3 Å². The van der Waals surface area contributed by atoms with Crippen molar-refractivity contribution in [1.29, 1.82) is 0 Å². The third-order valence-electron chi connectivity index (χ3n) is 6.90. The molecule has 2 aliphatic rings. The van der Waals surface area contributed by atoms with Crippen LogP contribution in [-0.2, 0) is 11.3 Å². The third-order valence-corrected chi connectivity index (χ3v) is 6.90. The van der Waals surface area contributed by atoms with Crippen molar-refractivity contribution in [3.63, 3.8) is 0 Å². The minimum atomic E-state index is -4.79. The predicted molar refractivity (Wildman–Crippen MR) is 138 cm³/mol. The van der Waals surface area contributed by atoms with Gasteiger partial charge in [-0.1, -0.05) is 24.6 Å². The highest BCUT2D eigenvalue weighted by Crippen LogP contribution is 2.30. The first kappa shape index (κ1) is 27.7. The molecular formula is C25H35F3N8O2. The third kappa shape index (κ3) is 8.07. The Balaban J connectivity index is 1.31. The number of piperazine rings is 1. The number of rotatable bonds is 9. The lowest BCUT2D eigenvalue weighted by Crippen LogP contribution is -2.45. The zero-order valence-corrected chi connectivity index (χ0v) is 21.7. The second-order valence-corrected chi connectivity index (χ2v) is 9.83. The maximum Gasteiger partial charge on any atom is 0.573 e. The van der Waals surface area contributed by atoms with E-state index < -0.39 is 6.36 Å². The molecular weight excluding hydrogens is 501 g/mol. The van der Waals surface area contributed by atoms with E-state index in [1.807, 2.05) is 0 Å². The number of carbonyl (C=O) groups is 1. The molecule has 1 amide bonds. The van der Waals surface area contributed by atoms with Gasteiger partial charge in [-0.3, -0.25) is 4.79 Å². The number of nitrogens with zero attached hydrogens (tertiary/aromatic N) is 5. The summed E-state index contributed by atoms with van der Waals surface area (Å²) in [6.45, 7) is 3.53. The highest BCUT2D eigenvalue weighted by Gasteiger charge is 2.32. The quantitative estimate of drug-likeness (QED) is 0.445. The monoisotopic (exact) mass is 536 g/mol. The molecule has 1 aromatic heterocycles. The fourth-order valence-corrected chi connectivity index (χ4v) is 4.88. The van der Waals surface area contributed by atoms with Crippen molar-refractivity contribution in [2.24, 2.45) is 5.92 Å². The number of carbonyl (C=O) groups excluding carboxylic acids is 1. The fraction of sp³-hybridized carbons (Fsp3) is 0.600. The Morgan fingerprint density at radius 1 is 1.08 bits per heavy atom. The first-order valence-corrected chi connectivity index (χ1v) is 12.9. The second-order valence-electron chi connectivity index (χ2n) is 9.83. The summed E-state index contributed by atoms with van der Waals surface area (Å²) in [5.41, 5.74) is 0.271. The van der Waals surface area contributed by atoms with Crippen molar-refractivity contribution >= 4 is 23.8 Å². The largest absolute Gasteiger partial charge is 0.573 e. The number of para-hydroxylation sites is 1. The van der Waals surface area contributed by atoms with Gasteiger partial charge in [0.15, 0.2) is 0 Å². The van der Waals surface area contributed by atoms with Crippen LogP contribution >= 0.6 is 0 Å². The number of nitrogens with one attached hydrogen (secondary N) is 3. The van der Waals surface area contributed by atoms with Crippen LogP contribution in [0.2, 0.25) is 0 Å². The molecule has 13 heteroatoms. The first-order valence-electron chi connectivity index (χ1n) is 12.9. The Bertz CT molecular complexity index is 1080. The zero-order valence-electron chi connectivity index (χ0n) is 21.7. The Labute approximate surface area is 220 Å². The lowest BCUT2D eigenvalue weighted by Gasteiger charge is -2.33. The first-order chi connectivity index (χ1) is 18.2. The molecule has 2 fully saturated rings. The van der Waals surface area contributed by atoms with E-state index in [0.29, 0.717) is 24.3 Å². The Hall–Kier alpha value is -3.35. The maximum absolute atomic E-state index is 12.7. The average molecular weight is 537 g/mol. The van der Waals surface area contributed by atoms with Crippen LogP contribution in [0, 0.1) is 5.92 Å². The number of ether oxygens (including phenoxy) is 1. The second kappa shape index (κ2) is 12.5. The molecule has 1 saturated heterocycles. The molecule has 2 unspecified atom stereocenters. The van der Waals surface area contributed by atoms with Crippen LogP contribution < -0.4 is 25.6 Å². The van der Waals surface area contributed by atoms with E-state index in [-0.39, 0.29) is 35.7 Å². The molecule has 0 radical (unpaired) electrons. The van der Waals surface area contributed by atoms with Gasteiger partial charge in [-0.2, -0.15) is 15.0 Å². The minimum absolute atomic E-state index is 0.0355. The molecule has 0 spiro atoms. The van der Waals surface area contributed by atoms with Crippen molar-refractivity contribution in [1.82, 2.24) is 25.2 Å². The van der Waals surface area contributed by atoms with Crippen molar-refractivity contribution in [2.45, 2.75) is 51.1 Å². The van der Waals surface area contributed by atoms with Crippen LogP contribution in [0.5, 0.6) is 5.75 Å². The van der Waals surface area contributed by atoms with Gasteiger partial charge in [0.05, 0.1) is 0 Å². The van der Waals surface area contributed by atoms with E-state index in [2.05, 4.69) is 52.5 Å². The van der Waals surface area contributed by atoms with Crippen LogP contribution in [0.15, 0.2) is 24.3 Å². The number of aromatic nitrogens is 3. The summed E-state index contributed by atoms with van der Waals surface area (Å²) in [6, 6.07) is 5.92. The number of hydrogen-bond acceptors (Lipinski definition) is 9. The summed E-state index contributed by atoms with van der Waals surface area (Å²) in [5.74, 6) is 1.28. The van der Waals surface area contributed by atoms with Gasteiger partial charge >= 0.3 is 6.36 Å². The van der Waals surface area contributed by atoms with E-state index in [0.717, 1.165) is 51.9 Å². The molecule has 10 nitrogen and oxygen atoms in total. The molecule has 2 atom stereocenters. The van der Waals surface area contributed by atoms with E-state index in [1.165, 1.54) is 18.2 Å². The summed E-state index contributed by atoms with van der Waals surface area (Å²) in [7, 11) is 3.87. The molecule has 0 bridgehead atoms. The van der Waals surface area contributed by atoms with Gasteiger partial charge in [-0.25, -0.2) is 0 Å². The topological polar surface area (TPSA) is 108 Å². The lowest BCUT2D eigenvalue weighted by atomic mass is 9.83. The summed E-state index contributed by atoms with van der Waals surface area (Å²) in [5, 5.41) is 9.19. The summed E-state index contributed by atoms with van der Waals surface area (Å²) >= 11 is 0. The van der Waals surface area contributed by atoms with E-state index in [1.54, 1.807) is 13.1 Å². The fourth-order valence-electron chi connectivity index (χ4n) is 4.88. The van der Waals surface area contributed by atoms with Gasteiger partial charge in [0.25, 0.3) is 0 Å². The standard InChI is InChI=1S/C25H35F3N8O2/c1-29-22-32-23(34-24(33-22)36-12-10-35(2)11-13-36)31-19-8-5-6-17(14-19)15-21(37)30-16-18-7-3-4-9-20(18)38-25(26,27)28/h3-4,7,9,17,19H,5-6,8,10-16H2,1-2H3,(H,30,37)(H2,29,31,32,33,34). The number of hydrogen-bond donors (Lipinski definition) is 3. The van der Waals surface area contributed by atoms with Gasteiger partial charge in [0.1, 0.15) is 5.75 Å². The van der Waals surface area contributed by atoms with Crippen LogP contribution in [0.25, 0.3) is 0 Å². The number of likely N-dealkylation sites (N-methyl/N-ethyl adjacent to an activating group) is 1. The molecule has 208 valence electrons. The van der Waals surface area contributed by atoms with Crippen LogP contribution in [0.4, 0.5) is 31.0 Å². The highest BCUT2D eigenvalue weighted by molar-refractivity contribution is 5.76. The number of benzene rings is 1. The predicted octanol–water partition coefficient (Wildman–Crippen LogP) is 3.24. The molecule has 1 saturated carbocycles. The highest BCUT2D eigenvalue weighted by atomic mass is 19.4. The number of amides is 1. The average Bonchev–Trinajstić information content (AvgIpc) is 2.88. The number of anilines is 3. The maximum atomic E-state index is 12.7. The summed E-state index contributed by atoms with van der Waals surface area (Å²) < 4.78 is 42.0. The summed E-state index contributed by atoms with van der Waals surface area (Å²) in [6.07, 6.45) is -0.928. The normalized spacial score (nSPS) is 20.6. The van der Waals surface area contributed by atoms with Crippen molar-refractivity contribution in [3.8, 4) is 5.75 Å². The van der Waals surface area contributed by atoms with Gasteiger partial charge in [0.2, 0.25) is 23.8 Å². The van der Waals surface area contributed by atoms with Crippen molar-refractivity contribution < 1.29 is 22.7 Å². The molecule has 4 rings (SSSR count). The van der Waals surface area contributed by atoms with Crippen LogP contribution in [-0.4, -0.2) is 78.4 Å². The minimum Gasteiger partial charge on any atom is -0.405 e. The molecule has 1 aliphatic carbocycles. The smallest absolute Gasteiger partial charge is 0.405 e. The Morgan fingerprint density at radius 3 is 2.55 bits per heavy atom. The van der Waals surface area contributed by atoms with Gasteiger partial charge in [0, 0.05) is 57.8 Å². The van der Waals surface area contributed by atoms with Crippen LogP contribution in [0.1, 0.15) is 37.7 Å². The number of alkyl halides is 3. The van der Waals surface area contributed by atoms with Crippen molar-refractivity contribution in [2.75, 3.05) is 55.8 Å². The van der Waals surface area contributed by atoms with E-state index >= 15 is 0 Å². The Kier molecular flexibility index (Phi) is 9.08. The zero-order chi connectivity index (χ0) is 27.1. The Morgan fingerprint density at radius 2 is 1.82 bits per heavy atom. The number of halogens is 3. The molecule has 1 aliphatic heterocycles. The molecule has 3 N–H and O–H groups in total. The molecule has 38 heavy (non-hydrogen) atoms. The van der Waals surface area contributed by atoms with Crippen LogP contribution in [0.3, 0.4) is 0 Å². The summed E-state index contributed by atoms with van der Waals surface area (Å²) in [4.78, 5) is 30.7. The SMILES string of the molecule is CNc1nc(NC2CCCC(CC(=O)NCc3ccccc3OC(F)(F)F)C2)nc(N2CCN(C)CC2)n1. The molecule has 1 aromatic carbocycles. The molecule has 2 aromatic rings.